The maximum absolute atomic E-state index is 5.68. The van der Waals surface area contributed by atoms with Crippen molar-refractivity contribution >= 4 is 17.2 Å². The van der Waals surface area contributed by atoms with Crippen LogP contribution in [0.25, 0.3) is 0 Å². The minimum Gasteiger partial charge on any atom is -0.397 e. The van der Waals surface area contributed by atoms with Crippen molar-refractivity contribution in [2.24, 2.45) is 0 Å². The van der Waals surface area contributed by atoms with Crippen LogP contribution in [0.1, 0.15) is 16.7 Å². The van der Waals surface area contributed by atoms with Gasteiger partial charge >= 0.3 is 0 Å². The van der Waals surface area contributed by atoms with Gasteiger partial charge < -0.3 is 11.1 Å². The van der Waals surface area contributed by atoms with E-state index in [9.17, 15) is 0 Å². The zero-order valence-electron chi connectivity index (χ0n) is 10.4. The summed E-state index contributed by atoms with van der Waals surface area (Å²) in [5.41, 5.74) is 11.0. The Bertz CT molecular complexity index is 547. The van der Waals surface area contributed by atoms with Gasteiger partial charge in [-0.15, -0.1) is 0 Å². The SMILES string of the molecule is Cc1cc(N)cnc1Nc1cccc(C)c1C. The number of rotatable bonds is 2. The van der Waals surface area contributed by atoms with Crippen LogP contribution in [0.2, 0.25) is 0 Å². The molecule has 1 aromatic carbocycles. The molecule has 3 N–H and O–H groups in total. The third kappa shape index (κ3) is 2.38. The molecule has 0 radical (unpaired) electrons. The largest absolute Gasteiger partial charge is 0.397 e. The molecular formula is C14H17N3. The lowest BCUT2D eigenvalue weighted by atomic mass is 10.1. The summed E-state index contributed by atoms with van der Waals surface area (Å²) in [6, 6.07) is 8.11. The van der Waals surface area contributed by atoms with Gasteiger partial charge in [0.1, 0.15) is 5.82 Å². The molecule has 1 heterocycles. The Labute approximate surface area is 102 Å². The Balaban J connectivity index is 2.35. The molecular weight excluding hydrogens is 210 g/mol. The van der Waals surface area contributed by atoms with Crippen molar-refractivity contribution < 1.29 is 0 Å². The lowest BCUT2D eigenvalue weighted by Gasteiger charge is -2.12. The summed E-state index contributed by atoms with van der Waals surface area (Å²) < 4.78 is 0. The van der Waals surface area contributed by atoms with Crippen LogP contribution >= 0.6 is 0 Å². The fraction of sp³-hybridized carbons (Fsp3) is 0.214. The van der Waals surface area contributed by atoms with Gasteiger partial charge in [-0.1, -0.05) is 12.1 Å². The van der Waals surface area contributed by atoms with Crippen molar-refractivity contribution in [3.63, 3.8) is 0 Å². The van der Waals surface area contributed by atoms with Crippen LogP contribution < -0.4 is 11.1 Å². The molecule has 0 aliphatic rings. The van der Waals surface area contributed by atoms with E-state index >= 15 is 0 Å². The van der Waals surface area contributed by atoms with Gasteiger partial charge in [-0.05, 0) is 49.6 Å². The van der Waals surface area contributed by atoms with Crippen molar-refractivity contribution in [1.82, 2.24) is 4.98 Å². The number of nitrogen functional groups attached to an aromatic ring is 1. The number of anilines is 3. The van der Waals surface area contributed by atoms with Gasteiger partial charge in [0.25, 0.3) is 0 Å². The quantitative estimate of drug-likeness (QED) is 0.827. The number of nitrogens with zero attached hydrogens (tertiary/aromatic N) is 1. The predicted molar refractivity (Wildman–Crippen MR) is 72.6 cm³/mol. The van der Waals surface area contributed by atoms with E-state index < -0.39 is 0 Å². The van der Waals surface area contributed by atoms with Crippen LogP contribution in [-0.2, 0) is 0 Å². The van der Waals surface area contributed by atoms with Gasteiger partial charge in [-0.3, -0.25) is 0 Å². The zero-order chi connectivity index (χ0) is 12.4. The Hall–Kier alpha value is -2.03. The Morgan fingerprint density at radius 3 is 2.59 bits per heavy atom. The molecule has 1 aromatic heterocycles. The van der Waals surface area contributed by atoms with E-state index in [-0.39, 0.29) is 0 Å². The van der Waals surface area contributed by atoms with Crippen molar-refractivity contribution in [2.45, 2.75) is 20.8 Å². The van der Waals surface area contributed by atoms with Gasteiger partial charge in [0.05, 0.1) is 11.9 Å². The average molecular weight is 227 g/mol. The van der Waals surface area contributed by atoms with Crippen LogP contribution in [0, 0.1) is 20.8 Å². The van der Waals surface area contributed by atoms with Crippen molar-refractivity contribution in [1.29, 1.82) is 0 Å². The molecule has 0 aliphatic carbocycles. The summed E-state index contributed by atoms with van der Waals surface area (Å²) in [6.45, 7) is 6.20. The maximum Gasteiger partial charge on any atom is 0.133 e. The van der Waals surface area contributed by atoms with Crippen LogP contribution in [-0.4, -0.2) is 4.98 Å². The number of pyridine rings is 1. The smallest absolute Gasteiger partial charge is 0.133 e. The lowest BCUT2D eigenvalue weighted by Crippen LogP contribution is -2.00. The first-order valence-electron chi connectivity index (χ1n) is 5.63. The second-order valence-electron chi connectivity index (χ2n) is 4.31. The number of aromatic nitrogens is 1. The molecule has 2 rings (SSSR count). The second-order valence-corrected chi connectivity index (χ2v) is 4.31. The number of hydrogen-bond acceptors (Lipinski definition) is 3. The molecule has 0 aliphatic heterocycles. The fourth-order valence-electron chi connectivity index (χ4n) is 1.74. The highest BCUT2D eigenvalue weighted by Gasteiger charge is 2.04. The molecule has 2 aromatic rings. The van der Waals surface area contributed by atoms with Gasteiger partial charge in [-0.25, -0.2) is 4.98 Å². The summed E-state index contributed by atoms with van der Waals surface area (Å²) >= 11 is 0. The summed E-state index contributed by atoms with van der Waals surface area (Å²) in [5.74, 6) is 0.855. The molecule has 3 nitrogen and oxygen atoms in total. The average Bonchev–Trinajstić information content (AvgIpc) is 2.28. The topological polar surface area (TPSA) is 50.9 Å². The van der Waals surface area contributed by atoms with Gasteiger partial charge in [0, 0.05) is 5.69 Å². The molecule has 0 spiro atoms. The van der Waals surface area contributed by atoms with Crippen molar-refractivity contribution in [2.75, 3.05) is 11.1 Å². The molecule has 88 valence electrons. The van der Waals surface area contributed by atoms with E-state index in [1.165, 1.54) is 11.1 Å². The molecule has 0 saturated carbocycles. The highest BCUT2D eigenvalue weighted by atomic mass is 15.0. The maximum atomic E-state index is 5.68. The number of nitrogens with one attached hydrogen (secondary N) is 1. The normalized spacial score (nSPS) is 10.3. The molecule has 17 heavy (non-hydrogen) atoms. The molecule has 3 heteroatoms. The van der Waals surface area contributed by atoms with Crippen LogP contribution in [0.3, 0.4) is 0 Å². The summed E-state index contributed by atoms with van der Waals surface area (Å²) in [7, 11) is 0. The van der Waals surface area contributed by atoms with Gasteiger partial charge in [0.2, 0.25) is 0 Å². The molecule has 0 fully saturated rings. The minimum absolute atomic E-state index is 0.689. The highest BCUT2D eigenvalue weighted by Crippen LogP contribution is 2.24. The summed E-state index contributed by atoms with van der Waals surface area (Å²) in [4.78, 5) is 4.31. The Morgan fingerprint density at radius 1 is 1.12 bits per heavy atom. The standard InChI is InChI=1S/C14H17N3/c1-9-5-4-6-13(11(9)3)17-14-10(2)7-12(15)8-16-14/h4-8H,15H2,1-3H3,(H,16,17). The predicted octanol–water partition coefficient (Wildman–Crippen LogP) is 3.33. The third-order valence-electron chi connectivity index (χ3n) is 2.96. The summed E-state index contributed by atoms with van der Waals surface area (Å²) in [5, 5.41) is 3.34. The highest BCUT2D eigenvalue weighted by molar-refractivity contribution is 5.65. The Kier molecular flexibility index (Phi) is 3.00. The van der Waals surface area contributed by atoms with Gasteiger partial charge in [0.15, 0.2) is 0 Å². The van der Waals surface area contributed by atoms with Crippen LogP contribution in [0.5, 0.6) is 0 Å². The van der Waals surface area contributed by atoms with Crippen molar-refractivity contribution in [3.05, 3.63) is 47.2 Å². The third-order valence-corrected chi connectivity index (χ3v) is 2.96. The molecule has 0 amide bonds. The number of aryl methyl sites for hydroxylation is 2. The first-order chi connectivity index (χ1) is 8.08. The van der Waals surface area contributed by atoms with E-state index in [1.54, 1.807) is 6.20 Å². The number of nitrogens with two attached hydrogens (primary N) is 1. The van der Waals surface area contributed by atoms with Crippen LogP contribution in [0.15, 0.2) is 30.5 Å². The number of benzene rings is 1. The van der Waals surface area contributed by atoms with Gasteiger partial charge in [-0.2, -0.15) is 0 Å². The van der Waals surface area contributed by atoms with E-state index in [0.29, 0.717) is 5.69 Å². The van der Waals surface area contributed by atoms with E-state index in [1.807, 2.05) is 19.1 Å². The van der Waals surface area contributed by atoms with Crippen LogP contribution in [0.4, 0.5) is 17.2 Å². The van der Waals surface area contributed by atoms with E-state index in [4.69, 9.17) is 5.73 Å². The molecule has 0 unspecified atom stereocenters. The zero-order valence-corrected chi connectivity index (χ0v) is 10.4. The molecule has 0 atom stereocenters. The van der Waals surface area contributed by atoms with E-state index in [0.717, 1.165) is 17.1 Å². The molecule has 0 saturated heterocycles. The number of hydrogen-bond donors (Lipinski definition) is 2. The van der Waals surface area contributed by atoms with E-state index in [2.05, 4.69) is 36.3 Å². The first kappa shape index (κ1) is 11.5. The Morgan fingerprint density at radius 2 is 1.88 bits per heavy atom. The fourth-order valence-corrected chi connectivity index (χ4v) is 1.74. The van der Waals surface area contributed by atoms with Crippen molar-refractivity contribution in [3.8, 4) is 0 Å². The summed E-state index contributed by atoms with van der Waals surface area (Å²) in [6.07, 6.45) is 1.67. The second kappa shape index (κ2) is 4.45. The lowest BCUT2D eigenvalue weighted by molar-refractivity contribution is 1.24. The first-order valence-corrected chi connectivity index (χ1v) is 5.63. The minimum atomic E-state index is 0.689. The molecule has 0 bridgehead atoms. The monoisotopic (exact) mass is 227 g/mol.